The topological polar surface area (TPSA) is 182 Å². The van der Waals surface area contributed by atoms with Crippen LogP contribution >= 0.6 is 11.8 Å². The molecule has 6 N–H and O–H groups in total. The van der Waals surface area contributed by atoms with E-state index >= 15 is 0 Å². The number of hydrogen-bond acceptors (Lipinski definition) is 8. The molecular formula is C20H18F3N3O8S. The fourth-order valence-electron chi connectivity index (χ4n) is 3.54. The minimum absolute atomic E-state index is 0.128. The molecule has 3 heterocycles. The van der Waals surface area contributed by atoms with Crippen LogP contribution in [-0.4, -0.2) is 79.0 Å². The van der Waals surface area contributed by atoms with Gasteiger partial charge in [0, 0.05) is 29.6 Å². The molecule has 0 spiro atoms. The first-order valence-electron chi connectivity index (χ1n) is 9.75. The molecule has 4 rings (SSSR count). The Bertz CT molecular complexity index is 1170. The van der Waals surface area contributed by atoms with Crippen molar-refractivity contribution in [2.45, 2.75) is 24.0 Å². The summed E-state index contributed by atoms with van der Waals surface area (Å²) >= 11 is 1.37. The number of carboxylic acids is 2. The number of halogens is 3. The van der Waals surface area contributed by atoms with Gasteiger partial charge in [0.05, 0.1) is 0 Å². The van der Waals surface area contributed by atoms with Crippen LogP contribution in [-0.2, 0) is 19.2 Å². The van der Waals surface area contributed by atoms with Gasteiger partial charge in [-0.25, -0.2) is 9.59 Å². The van der Waals surface area contributed by atoms with Gasteiger partial charge in [-0.15, -0.1) is 11.8 Å². The third-order valence-electron chi connectivity index (χ3n) is 5.23. The first-order chi connectivity index (χ1) is 16.2. The number of carboxylic acid groups (broad SMARTS) is 2. The number of nitrogens with two attached hydrogens (primary N) is 1. The number of fused-ring (bicyclic) bond motifs is 1. The van der Waals surface area contributed by atoms with Crippen LogP contribution in [0.2, 0.25) is 0 Å². The summed E-state index contributed by atoms with van der Waals surface area (Å²) in [5, 5.41) is 35.4. The molecular weight excluding hydrogens is 499 g/mol. The molecule has 3 aliphatic heterocycles. The van der Waals surface area contributed by atoms with E-state index in [9.17, 15) is 42.9 Å². The van der Waals surface area contributed by atoms with Crippen molar-refractivity contribution in [1.82, 2.24) is 4.90 Å². The number of carbonyl (C=O) groups excluding carboxylic acids is 2. The number of carbonyl (C=O) groups is 4. The highest BCUT2D eigenvalue weighted by molar-refractivity contribution is 8.00. The average Bonchev–Trinajstić information content (AvgIpc) is 3.14. The molecule has 0 radical (unpaired) electrons. The van der Waals surface area contributed by atoms with E-state index in [2.05, 4.69) is 0 Å². The largest absolute Gasteiger partial charge is 0.504 e. The van der Waals surface area contributed by atoms with Crippen molar-refractivity contribution in [3.05, 3.63) is 41.1 Å². The van der Waals surface area contributed by atoms with Crippen LogP contribution in [0.4, 0.5) is 18.9 Å². The number of rotatable bonds is 3. The van der Waals surface area contributed by atoms with E-state index < -0.39 is 35.4 Å². The average molecular weight is 517 g/mol. The maximum absolute atomic E-state index is 12.8. The number of phenols is 2. The molecule has 1 aromatic rings. The summed E-state index contributed by atoms with van der Waals surface area (Å²) in [6.07, 6.45) is -3.16. The number of aliphatic carboxylic acids is 2. The minimum atomic E-state index is -5.08. The van der Waals surface area contributed by atoms with Crippen LogP contribution in [0.5, 0.6) is 11.5 Å². The lowest BCUT2D eigenvalue weighted by Crippen LogP contribution is -2.68. The number of amides is 2. The third-order valence-corrected chi connectivity index (χ3v) is 6.55. The number of benzene rings is 1. The number of alkyl halides is 3. The van der Waals surface area contributed by atoms with Gasteiger partial charge < -0.3 is 31.1 Å². The fraction of sp³-hybridized carbons (Fsp3) is 0.300. The van der Waals surface area contributed by atoms with Crippen molar-refractivity contribution in [2.75, 3.05) is 17.2 Å². The van der Waals surface area contributed by atoms with Crippen molar-refractivity contribution in [3.63, 3.8) is 0 Å². The quantitative estimate of drug-likeness (QED) is 0.220. The van der Waals surface area contributed by atoms with Gasteiger partial charge in [-0.1, -0.05) is 0 Å². The second kappa shape index (κ2) is 9.50. The molecule has 0 aliphatic carbocycles. The zero-order valence-electron chi connectivity index (χ0n) is 17.5. The van der Waals surface area contributed by atoms with E-state index in [-0.39, 0.29) is 23.1 Å². The van der Waals surface area contributed by atoms with Crippen LogP contribution < -0.4 is 10.6 Å². The van der Waals surface area contributed by atoms with Gasteiger partial charge in [0.25, 0.3) is 5.91 Å². The Balaban J connectivity index is 0.000000429. The molecule has 188 valence electrons. The number of aromatic hydroxyl groups is 2. The van der Waals surface area contributed by atoms with Crippen LogP contribution in [0, 0.1) is 0 Å². The number of hydrogen-bond donors (Lipinski definition) is 5. The van der Waals surface area contributed by atoms with Crippen LogP contribution in [0.25, 0.3) is 0 Å². The lowest BCUT2D eigenvalue weighted by Gasteiger charge is -2.47. The highest BCUT2D eigenvalue weighted by Crippen LogP contribution is 2.40. The molecule has 0 aromatic heterocycles. The van der Waals surface area contributed by atoms with E-state index in [1.54, 1.807) is 0 Å². The van der Waals surface area contributed by atoms with E-state index in [1.165, 1.54) is 45.8 Å². The smallest absolute Gasteiger partial charge is 0.490 e. The van der Waals surface area contributed by atoms with Gasteiger partial charge in [0.15, 0.2) is 11.5 Å². The number of allylic oxidation sites excluding steroid dienone is 1. The van der Waals surface area contributed by atoms with Crippen molar-refractivity contribution in [1.29, 1.82) is 0 Å². The second-order valence-electron chi connectivity index (χ2n) is 7.47. The van der Waals surface area contributed by atoms with E-state index in [0.29, 0.717) is 35.6 Å². The zero-order valence-corrected chi connectivity index (χ0v) is 18.3. The van der Waals surface area contributed by atoms with Gasteiger partial charge in [-0.2, -0.15) is 13.2 Å². The molecule has 2 saturated heterocycles. The van der Waals surface area contributed by atoms with Crippen molar-refractivity contribution in [3.8, 4) is 11.5 Å². The Labute approximate surface area is 198 Å². The minimum Gasteiger partial charge on any atom is -0.504 e. The number of phenolic OH excluding ortho intramolecular Hbond substituents is 2. The summed E-state index contributed by atoms with van der Waals surface area (Å²) in [4.78, 5) is 48.0. The summed E-state index contributed by atoms with van der Waals surface area (Å²) in [6.45, 7) is 0.355. The van der Waals surface area contributed by atoms with Crippen LogP contribution in [0.3, 0.4) is 0 Å². The Hall–Kier alpha value is -3.72. The SMILES string of the molecule is N[C@@H]1C(=O)N2C(C(=O)O)=C(/C=C3\CCN(c4ccc(O)c(O)c4)C3=O)CS[C@H]12.O=C(O)C(F)(F)F. The normalized spacial score (nSPS) is 23.0. The van der Waals surface area contributed by atoms with Gasteiger partial charge in [0.2, 0.25) is 5.91 Å². The first-order valence-corrected chi connectivity index (χ1v) is 10.8. The Kier molecular flexibility index (Phi) is 7.03. The molecule has 35 heavy (non-hydrogen) atoms. The molecule has 2 atom stereocenters. The summed E-state index contributed by atoms with van der Waals surface area (Å²) in [5.74, 6) is -5.03. The predicted molar refractivity (Wildman–Crippen MR) is 114 cm³/mol. The standard InChI is InChI=1S/C18H17N3O6S.C2HF3O2/c19-13-16(25)21-14(18(26)27)9(7-28-17(13)21)5-8-3-4-20(15(8)24)10-1-2-11(22)12(23)6-10;3-2(4,5)1(6)7/h1-2,5-6,13,17,22-23H,3-4,7,19H2,(H,26,27);(H,6,7)/b8-5+;/t13-,17-;/m1./s1. The molecule has 0 bridgehead atoms. The maximum atomic E-state index is 12.8. The lowest BCUT2D eigenvalue weighted by atomic mass is 10.0. The molecule has 11 nitrogen and oxygen atoms in total. The molecule has 0 saturated carbocycles. The number of nitrogens with zero attached hydrogens (tertiary/aromatic N) is 2. The van der Waals surface area contributed by atoms with Crippen LogP contribution in [0.15, 0.2) is 41.1 Å². The summed E-state index contributed by atoms with van der Waals surface area (Å²) < 4.78 is 31.7. The monoisotopic (exact) mass is 517 g/mol. The summed E-state index contributed by atoms with van der Waals surface area (Å²) in [7, 11) is 0. The van der Waals surface area contributed by atoms with Gasteiger partial charge in [0.1, 0.15) is 17.1 Å². The molecule has 3 aliphatic rings. The molecule has 2 amide bonds. The first kappa shape index (κ1) is 25.9. The van der Waals surface area contributed by atoms with Crippen molar-refractivity contribution in [2.24, 2.45) is 5.73 Å². The lowest BCUT2D eigenvalue weighted by molar-refractivity contribution is -0.192. The predicted octanol–water partition coefficient (Wildman–Crippen LogP) is 0.975. The van der Waals surface area contributed by atoms with E-state index in [0.717, 1.165) is 0 Å². The Morgan fingerprint density at radius 3 is 2.31 bits per heavy atom. The van der Waals surface area contributed by atoms with Crippen molar-refractivity contribution >= 4 is 41.2 Å². The molecule has 2 fully saturated rings. The summed E-state index contributed by atoms with van der Waals surface area (Å²) in [5.41, 5.74) is 6.84. The van der Waals surface area contributed by atoms with Crippen molar-refractivity contribution < 1.29 is 52.8 Å². The number of β-lactam (4-membered cyclic amide) rings is 1. The van der Waals surface area contributed by atoms with E-state index in [4.69, 9.17) is 15.6 Å². The summed E-state index contributed by atoms with van der Waals surface area (Å²) in [6, 6.07) is 3.39. The second-order valence-corrected chi connectivity index (χ2v) is 8.57. The molecule has 1 aromatic carbocycles. The number of anilines is 1. The Morgan fingerprint density at radius 2 is 1.77 bits per heavy atom. The zero-order chi connectivity index (χ0) is 26.2. The third kappa shape index (κ3) is 5.05. The molecule has 0 unspecified atom stereocenters. The highest BCUT2D eigenvalue weighted by atomic mass is 32.2. The highest BCUT2D eigenvalue weighted by Gasteiger charge is 2.51. The fourth-order valence-corrected chi connectivity index (χ4v) is 4.79. The van der Waals surface area contributed by atoms with Gasteiger partial charge in [-0.3, -0.25) is 14.5 Å². The Morgan fingerprint density at radius 1 is 1.14 bits per heavy atom. The molecule has 15 heteroatoms. The maximum Gasteiger partial charge on any atom is 0.490 e. The number of thioether (sulfide) groups is 1. The van der Waals surface area contributed by atoms with Crippen LogP contribution in [0.1, 0.15) is 6.42 Å². The van der Waals surface area contributed by atoms with E-state index in [1.807, 2.05) is 0 Å². The van der Waals surface area contributed by atoms with Gasteiger partial charge >= 0.3 is 18.1 Å². The van der Waals surface area contributed by atoms with Gasteiger partial charge in [-0.05, 0) is 30.2 Å².